The minimum atomic E-state index is -4.49. The number of ether oxygens (including phenoxy) is 1. The summed E-state index contributed by atoms with van der Waals surface area (Å²) in [5.74, 6) is -0.635. The third-order valence-electron chi connectivity index (χ3n) is 3.93. The lowest BCUT2D eigenvalue weighted by atomic mass is 10.2. The van der Waals surface area contributed by atoms with Crippen molar-refractivity contribution in [3.8, 4) is 11.4 Å². The first kappa shape index (κ1) is 21.6. The molecule has 1 unspecified atom stereocenters. The number of nitrogens with zero attached hydrogens (tertiary/aromatic N) is 3. The second-order valence-electron chi connectivity index (χ2n) is 6.20. The van der Waals surface area contributed by atoms with Gasteiger partial charge < -0.3 is 15.2 Å². The van der Waals surface area contributed by atoms with Crippen LogP contribution in [-0.2, 0) is 6.18 Å². The molecule has 3 aromatic rings. The van der Waals surface area contributed by atoms with Gasteiger partial charge in [-0.3, -0.25) is 4.79 Å². The minimum absolute atomic E-state index is 0.000849. The van der Waals surface area contributed by atoms with Crippen molar-refractivity contribution in [3.05, 3.63) is 71.0 Å². The Morgan fingerprint density at radius 1 is 1.23 bits per heavy atom. The van der Waals surface area contributed by atoms with Gasteiger partial charge in [-0.05, 0) is 30.3 Å². The molecular weight excluding hydrogens is 425 g/mol. The van der Waals surface area contributed by atoms with Crippen molar-refractivity contribution in [2.24, 2.45) is 0 Å². The summed E-state index contributed by atoms with van der Waals surface area (Å²) in [5, 5.41) is 20.4. The Morgan fingerprint density at radius 2 is 2.00 bits per heavy atom. The average Bonchev–Trinajstić information content (AvgIpc) is 3.20. The van der Waals surface area contributed by atoms with Gasteiger partial charge >= 0.3 is 6.18 Å². The zero-order valence-electron chi connectivity index (χ0n) is 15.3. The molecule has 0 saturated heterocycles. The number of aliphatic hydroxyl groups excluding tert-OH is 1. The zero-order valence-corrected chi connectivity index (χ0v) is 16.1. The zero-order chi connectivity index (χ0) is 21.7. The summed E-state index contributed by atoms with van der Waals surface area (Å²) in [5.41, 5.74) is -0.314. The third-order valence-corrected chi connectivity index (χ3v) is 4.25. The molecule has 7 nitrogen and oxygen atoms in total. The van der Waals surface area contributed by atoms with Crippen molar-refractivity contribution >= 4 is 17.5 Å². The lowest BCUT2D eigenvalue weighted by molar-refractivity contribution is -0.137. The van der Waals surface area contributed by atoms with Crippen molar-refractivity contribution < 1.29 is 27.8 Å². The maximum atomic E-state index is 12.7. The minimum Gasteiger partial charge on any atom is -0.491 e. The quantitative estimate of drug-likeness (QED) is 0.589. The Balaban J connectivity index is 1.51. The molecule has 0 bridgehead atoms. The van der Waals surface area contributed by atoms with E-state index in [9.17, 15) is 23.1 Å². The van der Waals surface area contributed by atoms with Gasteiger partial charge in [0.2, 0.25) is 0 Å². The Labute approximate surface area is 174 Å². The number of nitrogens with one attached hydrogen (secondary N) is 1. The number of hydrogen-bond acceptors (Lipinski definition) is 5. The summed E-state index contributed by atoms with van der Waals surface area (Å²) >= 11 is 6.07. The monoisotopic (exact) mass is 440 g/mol. The second kappa shape index (κ2) is 9.14. The van der Waals surface area contributed by atoms with E-state index in [1.54, 1.807) is 24.3 Å². The van der Waals surface area contributed by atoms with Gasteiger partial charge in [-0.25, -0.2) is 4.68 Å². The van der Waals surface area contributed by atoms with Gasteiger partial charge in [0.25, 0.3) is 5.91 Å². The van der Waals surface area contributed by atoms with Crippen molar-refractivity contribution in [1.82, 2.24) is 20.3 Å². The molecule has 0 aliphatic heterocycles. The number of benzene rings is 2. The summed E-state index contributed by atoms with van der Waals surface area (Å²) < 4.78 is 44.6. The summed E-state index contributed by atoms with van der Waals surface area (Å²) in [6.45, 7) is -0.509. The van der Waals surface area contributed by atoms with Gasteiger partial charge in [-0.2, -0.15) is 13.2 Å². The summed E-state index contributed by atoms with van der Waals surface area (Å²) in [4.78, 5) is 12.2. The van der Waals surface area contributed by atoms with Crippen LogP contribution < -0.4 is 10.1 Å². The van der Waals surface area contributed by atoms with Crippen molar-refractivity contribution in [2.45, 2.75) is 12.3 Å². The van der Waals surface area contributed by atoms with Gasteiger partial charge in [0, 0.05) is 6.54 Å². The van der Waals surface area contributed by atoms with Crippen LogP contribution >= 0.6 is 11.6 Å². The number of hydrogen-bond donors (Lipinski definition) is 2. The average molecular weight is 441 g/mol. The number of aliphatic hydroxyl groups is 1. The molecule has 158 valence electrons. The van der Waals surface area contributed by atoms with Gasteiger partial charge in [-0.15, -0.1) is 5.10 Å². The predicted octanol–water partition coefficient (Wildman–Crippen LogP) is 3.11. The Bertz CT molecular complexity index is 1030. The number of carbonyl (C=O) groups excluding carboxylic acids is 1. The molecule has 0 fully saturated rings. The van der Waals surface area contributed by atoms with E-state index in [0.717, 1.165) is 12.1 Å². The second-order valence-corrected chi connectivity index (χ2v) is 6.61. The molecule has 1 amide bonds. The van der Waals surface area contributed by atoms with Crippen LogP contribution in [0.3, 0.4) is 0 Å². The molecule has 30 heavy (non-hydrogen) atoms. The molecule has 0 spiro atoms. The lowest BCUT2D eigenvalue weighted by Crippen LogP contribution is -2.35. The van der Waals surface area contributed by atoms with E-state index < -0.39 is 23.8 Å². The molecule has 1 heterocycles. The van der Waals surface area contributed by atoms with E-state index in [1.165, 1.54) is 23.0 Å². The van der Waals surface area contributed by atoms with Crippen LogP contribution in [0.25, 0.3) is 5.69 Å². The fourth-order valence-electron chi connectivity index (χ4n) is 2.44. The van der Waals surface area contributed by atoms with E-state index in [1.807, 2.05) is 0 Å². The molecule has 0 aliphatic rings. The molecule has 0 aliphatic carbocycles. The maximum absolute atomic E-state index is 12.7. The lowest BCUT2D eigenvalue weighted by Gasteiger charge is -2.14. The highest BCUT2D eigenvalue weighted by Gasteiger charge is 2.30. The van der Waals surface area contributed by atoms with Crippen LogP contribution in [0.5, 0.6) is 5.75 Å². The van der Waals surface area contributed by atoms with Crippen molar-refractivity contribution in [2.75, 3.05) is 13.2 Å². The first-order valence-electron chi connectivity index (χ1n) is 8.67. The maximum Gasteiger partial charge on any atom is 0.416 e. The van der Waals surface area contributed by atoms with Gasteiger partial charge in [-0.1, -0.05) is 35.0 Å². The molecule has 0 radical (unpaired) electrons. The largest absolute Gasteiger partial charge is 0.491 e. The van der Waals surface area contributed by atoms with Crippen LogP contribution in [0.1, 0.15) is 16.1 Å². The highest BCUT2D eigenvalue weighted by atomic mass is 35.5. The first-order chi connectivity index (χ1) is 14.2. The third kappa shape index (κ3) is 5.49. The molecule has 2 aromatic carbocycles. The fraction of sp³-hybridized carbons (Fsp3) is 0.211. The number of para-hydroxylation sites is 1. The number of halogens is 4. The topological polar surface area (TPSA) is 89.3 Å². The molecule has 1 aromatic heterocycles. The van der Waals surface area contributed by atoms with Crippen LogP contribution in [0, 0.1) is 0 Å². The summed E-state index contributed by atoms with van der Waals surface area (Å²) in [6, 6.07) is 11.2. The standard InChI is InChI=1S/C19H16ClF3N4O3/c20-15-6-1-2-7-17(15)27-10-16(25-26-27)18(29)24-9-13(28)11-30-14-5-3-4-12(8-14)19(21,22)23/h1-8,10,13,28H,9,11H2,(H,24,29). The van der Waals surface area contributed by atoms with E-state index in [2.05, 4.69) is 15.6 Å². The van der Waals surface area contributed by atoms with Crippen molar-refractivity contribution in [3.63, 3.8) is 0 Å². The van der Waals surface area contributed by atoms with E-state index in [0.29, 0.717) is 10.7 Å². The Morgan fingerprint density at radius 3 is 2.73 bits per heavy atom. The highest BCUT2D eigenvalue weighted by Crippen LogP contribution is 2.31. The van der Waals surface area contributed by atoms with E-state index in [4.69, 9.17) is 16.3 Å². The van der Waals surface area contributed by atoms with Crippen LogP contribution in [0.15, 0.2) is 54.7 Å². The molecule has 3 rings (SSSR count). The molecular formula is C19H16ClF3N4O3. The van der Waals surface area contributed by atoms with Crippen molar-refractivity contribution in [1.29, 1.82) is 0 Å². The normalized spacial score (nSPS) is 12.4. The van der Waals surface area contributed by atoms with Gasteiger partial charge in [0.1, 0.15) is 18.5 Å². The molecule has 2 N–H and O–H groups in total. The Hall–Kier alpha value is -3.11. The molecule has 1 atom stereocenters. The SMILES string of the molecule is O=C(NCC(O)COc1cccc(C(F)(F)F)c1)c1cn(-c2ccccc2Cl)nn1. The highest BCUT2D eigenvalue weighted by molar-refractivity contribution is 6.32. The fourth-order valence-corrected chi connectivity index (χ4v) is 2.66. The number of alkyl halides is 3. The summed E-state index contributed by atoms with van der Waals surface area (Å²) in [7, 11) is 0. The number of rotatable bonds is 7. The Kier molecular flexibility index (Phi) is 6.58. The van der Waals surface area contributed by atoms with Crippen LogP contribution in [0.2, 0.25) is 5.02 Å². The first-order valence-corrected chi connectivity index (χ1v) is 9.05. The van der Waals surface area contributed by atoms with E-state index >= 15 is 0 Å². The van der Waals surface area contributed by atoms with Crippen LogP contribution in [0.4, 0.5) is 13.2 Å². The van der Waals surface area contributed by atoms with Crippen LogP contribution in [-0.4, -0.2) is 45.3 Å². The van der Waals surface area contributed by atoms with Gasteiger partial charge in [0.05, 0.1) is 22.5 Å². The molecule has 0 saturated carbocycles. The number of aromatic nitrogens is 3. The van der Waals surface area contributed by atoms with E-state index in [-0.39, 0.29) is 24.6 Å². The predicted molar refractivity (Wildman–Crippen MR) is 102 cm³/mol. The smallest absolute Gasteiger partial charge is 0.416 e. The number of carbonyl (C=O) groups is 1. The molecule has 11 heteroatoms. The summed E-state index contributed by atoms with van der Waals surface area (Å²) in [6.07, 6.45) is -4.27. The number of amides is 1. The van der Waals surface area contributed by atoms with Gasteiger partial charge in [0.15, 0.2) is 5.69 Å².